The minimum atomic E-state index is -0.408. The van der Waals surface area contributed by atoms with Crippen LogP contribution in [0.2, 0.25) is 5.02 Å². The summed E-state index contributed by atoms with van der Waals surface area (Å²) in [6, 6.07) is 7.30. The second-order valence-electron chi connectivity index (χ2n) is 4.06. The van der Waals surface area contributed by atoms with Gasteiger partial charge >= 0.3 is 5.97 Å². The van der Waals surface area contributed by atoms with Crippen LogP contribution in [-0.2, 0) is 11.3 Å². The molecule has 0 aliphatic carbocycles. The zero-order chi connectivity index (χ0) is 13.8. The predicted molar refractivity (Wildman–Crippen MR) is 73.6 cm³/mol. The molecule has 19 heavy (non-hydrogen) atoms. The van der Waals surface area contributed by atoms with Crippen LogP contribution in [0.5, 0.6) is 0 Å². The molecule has 0 amide bonds. The third kappa shape index (κ3) is 3.09. The number of ether oxygens (including phenoxy) is 1. The lowest BCUT2D eigenvalue weighted by molar-refractivity contribution is 0.0600. The van der Waals surface area contributed by atoms with Gasteiger partial charge < -0.3 is 14.5 Å². The topological polar surface area (TPSA) is 51.5 Å². The van der Waals surface area contributed by atoms with Crippen molar-refractivity contribution in [3.05, 3.63) is 52.4 Å². The summed E-state index contributed by atoms with van der Waals surface area (Å²) >= 11 is 6.04. The molecule has 0 saturated heterocycles. The molecule has 0 bridgehead atoms. The number of carbonyl (C=O) groups is 1. The second-order valence-corrected chi connectivity index (χ2v) is 4.47. The number of anilines is 1. The first-order chi connectivity index (χ1) is 9.11. The normalized spacial score (nSPS) is 10.3. The maximum absolute atomic E-state index is 11.3. The number of benzene rings is 1. The lowest BCUT2D eigenvalue weighted by Gasteiger charge is -2.08. The molecule has 5 heteroatoms. The average Bonchev–Trinajstić information content (AvgIpc) is 2.88. The number of furan rings is 1. The Balaban J connectivity index is 2.04. The molecular weight excluding hydrogens is 266 g/mol. The number of methoxy groups -OCH3 is 1. The van der Waals surface area contributed by atoms with Gasteiger partial charge in [-0.2, -0.15) is 0 Å². The van der Waals surface area contributed by atoms with Crippen molar-refractivity contribution in [1.82, 2.24) is 0 Å². The van der Waals surface area contributed by atoms with Gasteiger partial charge in [0, 0.05) is 10.7 Å². The van der Waals surface area contributed by atoms with E-state index in [1.807, 2.05) is 25.1 Å². The molecule has 0 atom stereocenters. The Kier molecular flexibility index (Phi) is 4.12. The monoisotopic (exact) mass is 279 g/mol. The molecule has 100 valence electrons. The molecule has 0 unspecified atom stereocenters. The zero-order valence-corrected chi connectivity index (χ0v) is 11.5. The number of esters is 1. The minimum absolute atomic E-state index is 0.405. The van der Waals surface area contributed by atoms with Gasteiger partial charge in [0.05, 0.1) is 19.2 Å². The van der Waals surface area contributed by atoms with Crippen molar-refractivity contribution >= 4 is 23.3 Å². The number of hydrogen-bond acceptors (Lipinski definition) is 4. The second kappa shape index (κ2) is 5.80. The summed E-state index contributed by atoms with van der Waals surface area (Å²) in [5, 5.41) is 3.92. The van der Waals surface area contributed by atoms with Crippen LogP contribution in [0, 0.1) is 6.92 Å². The van der Waals surface area contributed by atoms with E-state index in [0.29, 0.717) is 22.9 Å². The number of rotatable bonds is 4. The molecule has 0 fully saturated rings. The quantitative estimate of drug-likeness (QED) is 0.868. The van der Waals surface area contributed by atoms with Gasteiger partial charge in [0.15, 0.2) is 0 Å². The Labute approximate surface area is 116 Å². The third-order valence-electron chi connectivity index (χ3n) is 2.80. The number of carbonyl (C=O) groups excluding carboxylic acids is 1. The van der Waals surface area contributed by atoms with Gasteiger partial charge in [-0.25, -0.2) is 4.79 Å². The summed E-state index contributed by atoms with van der Waals surface area (Å²) in [5.41, 5.74) is 2.31. The van der Waals surface area contributed by atoms with E-state index in [4.69, 9.17) is 16.0 Å². The predicted octanol–water partition coefficient (Wildman–Crippen LogP) is 3.64. The molecule has 1 N–H and O–H groups in total. The molecule has 4 nitrogen and oxygen atoms in total. The van der Waals surface area contributed by atoms with Gasteiger partial charge in [-0.3, -0.25) is 0 Å². The maximum atomic E-state index is 11.3. The molecule has 0 aliphatic heterocycles. The van der Waals surface area contributed by atoms with Gasteiger partial charge in [0.2, 0.25) is 0 Å². The number of hydrogen-bond donors (Lipinski definition) is 1. The van der Waals surface area contributed by atoms with E-state index in [9.17, 15) is 4.79 Å². The lowest BCUT2D eigenvalue weighted by atomic mass is 10.2. The SMILES string of the molecule is COC(=O)c1coc(CNc2cccc(Cl)c2C)c1. The number of nitrogens with one attached hydrogen (secondary N) is 1. The first-order valence-corrected chi connectivity index (χ1v) is 6.14. The fourth-order valence-electron chi connectivity index (χ4n) is 1.68. The van der Waals surface area contributed by atoms with Gasteiger partial charge in [-0.05, 0) is 30.7 Å². The molecule has 1 heterocycles. The standard InChI is InChI=1S/C14H14ClNO3/c1-9-12(15)4-3-5-13(9)16-7-11-6-10(8-19-11)14(17)18-2/h3-6,8,16H,7H2,1-2H3. The van der Waals surface area contributed by atoms with Gasteiger partial charge in [0.25, 0.3) is 0 Å². The minimum Gasteiger partial charge on any atom is -0.467 e. The Morgan fingerprint density at radius 2 is 2.26 bits per heavy atom. The molecule has 1 aromatic carbocycles. The van der Waals surface area contributed by atoms with Crippen LogP contribution in [0.15, 0.2) is 34.9 Å². The highest BCUT2D eigenvalue weighted by molar-refractivity contribution is 6.31. The van der Waals surface area contributed by atoms with E-state index in [2.05, 4.69) is 10.1 Å². The first kappa shape index (κ1) is 13.5. The van der Waals surface area contributed by atoms with Crippen LogP contribution in [-0.4, -0.2) is 13.1 Å². The molecule has 0 radical (unpaired) electrons. The van der Waals surface area contributed by atoms with Crippen molar-refractivity contribution in [1.29, 1.82) is 0 Å². The van der Waals surface area contributed by atoms with E-state index in [-0.39, 0.29) is 0 Å². The van der Waals surface area contributed by atoms with Crippen LogP contribution >= 0.6 is 11.6 Å². The Bertz CT molecular complexity index is 592. The summed E-state index contributed by atoms with van der Waals surface area (Å²) in [6.45, 7) is 2.41. The summed E-state index contributed by atoms with van der Waals surface area (Å²) in [7, 11) is 1.34. The summed E-state index contributed by atoms with van der Waals surface area (Å²) in [6.07, 6.45) is 1.38. The van der Waals surface area contributed by atoms with Crippen molar-refractivity contribution in [3.8, 4) is 0 Å². The van der Waals surface area contributed by atoms with Crippen LogP contribution in [0.25, 0.3) is 0 Å². The summed E-state index contributed by atoms with van der Waals surface area (Å²) < 4.78 is 9.89. The van der Waals surface area contributed by atoms with Gasteiger partial charge in [-0.15, -0.1) is 0 Å². The smallest absolute Gasteiger partial charge is 0.341 e. The average molecular weight is 280 g/mol. The Hall–Kier alpha value is -1.94. The van der Waals surface area contributed by atoms with E-state index in [1.165, 1.54) is 13.4 Å². The van der Waals surface area contributed by atoms with Crippen molar-refractivity contribution in [3.63, 3.8) is 0 Å². The van der Waals surface area contributed by atoms with Crippen molar-refractivity contribution in [2.24, 2.45) is 0 Å². The fraction of sp³-hybridized carbons (Fsp3) is 0.214. The molecule has 1 aromatic heterocycles. The fourth-order valence-corrected chi connectivity index (χ4v) is 1.85. The van der Waals surface area contributed by atoms with Crippen molar-refractivity contribution in [2.45, 2.75) is 13.5 Å². The van der Waals surface area contributed by atoms with Crippen molar-refractivity contribution < 1.29 is 13.9 Å². The van der Waals surface area contributed by atoms with E-state index in [1.54, 1.807) is 6.07 Å². The van der Waals surface area contributed by atoms with Crippen LogP contribution in [0.4, 0.5) is 5.69 Å². The third-order valence-corrected chi connectivity index (χ3v) is 3.21. The van der Waals surface area contributed by atoms with Gasteiger partial charge in [0.1, 0.15) is 12.0 Å². The maximum Gasteiger partial charge on any atom is 0.341 e. The summed E-state index contributed by atoms with van der Waals surface area (Å²) in [4.78, 5) is 11.3. The van der Waals surface area contributed by atoms with Gasteiger partial charge in [-0.1, -0.05) is 17.7 Å². The largest absolute Gasteiger partial charge is 0.467 e. The Morgan fingerprint density at radius 1 is 1.47 bits per heavy atom. The van der Waals surface area contributed by atoms with Crippen LogP contribution in [0.1, 0.15) is 21.7 Å². The van der Waals surface area contributed by atoms with Crippen LogP contribution in [0.3, 0.4) is 0 Å². The lowest BCUT2D eigenvalue weighted by Crippen LogP contribution is -2.01. The molecular formula is C14H14ClNO3. The van der Waals surface area contributed by atoms with Crippen LogP contribution < -0.4 is 5.32 Å². The molecule has 0 spiro atoms. The van der Waals surface area contributed by atoms with Crippen molar-refractivity contribution in [2.75, 3.05) is 12.4 Å². The Morgan fingerprint density at radius 3 is 3.00 bits per heavy atom. The number of halogens is 1. The van der Waals surface area contributed by atoms with E-state index in [0.717, 1.165) is 11.3 Å². The molecule has 2 rings (SSSR count). The van der Waals surface area contributed by atoms with E-state index >= 15 is 0 Å². The zero-order valence-electron chi connectivity index (χ0n) is 10.7. The molecule has 0 aliphatic rings. The molecule has 0 saturated carbocycles. The highest BCUT2D eigenvalue weighted by Crippen LogP contribution is 2.23. The van der Waals surface area contributed by atoms with E-state index < -0.39 is 5.97 Å². The first-order valence-electron chi connectivity index (χ1n) is 5.76. The molecule has 2 aromatic rings. The highest BCUT2D eigenvalue weighted by Gasteiger charge is 2.10. The summed E-state index contributed by atoms with van der Waals surface area (Å²) in [5.74, 6) is 0.244. The highest BCUT2D eigenvalue weighted by atomic mass is 35.5.